The molecule has 2 aromatic rings. The predicted molar refractivity (Wildman–Crippen MR) is 83.6 cm³/mol. The summed E-state index contributed by atoms with van der Waals surface area (Å²) in [5, 5.41) is 9.09. The average molecular weight is 287 g/mol. The number of benzene rings is 2. The fraction of sp³-hybridized carbons (Fsp3) is 0.294. The Balaban J connectivity index is 2.14. The lowest BCUT2D eigenvalue weighted by Gasteiger charge is -2.14. The molecule has 0 unspecified atom stereocenters. The number of ether oxygens (including phenoxy) is 2. The lowest BCUT2D eigenvalue weighted by molar-refractivity contribution is 0.275. The Morgan fingerprint density at radius 2 is 1.76 bits per heavy atom. The van der Waals surface area contributed by atoms with Gasteiger partial charge < -0.3 is 20.3 Å². The van der Waals surface area contributed by atoms with Crippen LogP contribution in [-0.4, -0.2) is 18.3 Å². The molecule has 0 saturated heterocycles. The van der Waals surface area contributed by atoms with Crippen LogP contribution < -0.4 is 15.2 Å². The maximum atomic E-state index is 9.09. The third kappa shape index (κ3) is 4.13. The van der Waals surface area contributed by atoms with Crippen molar-refractivity contribution in [1.29, 1.82) is 0 Å². The number of hydrogen-bond acceptors (Lipinski definition) is 4. The zero-order valence-corrected chi connectivity index (χ0v) is 12.2. The van der Waals surface area contributed by atoms with Gasteiger partial charge in [0.05, 0.1) is 6.61 Å². The number of nitrogen functional groups attached to an aromatic ring is 1. The van der Waals surface area contributed by atoms with E-state index in [1.165, 1.54) is 0 Å². The van der Waals surface area contributed by atoms with E-state index in [1.807, 2.05) is 49.4 Å². The van der Waals surface area contributed by atoms with Gasteiger partial charge >= 0.3 is 0 Å². The van der Waals surface area contributed by atoms with Crippen molar-refractivity contribution in [2.24, 2.45) is 0 Å². The quantitative estimate of drug-likeness (QED) is 0.769. The number of nitrogens with two attached hydrogens (primary N) is 1. The van der Waals surface area contributed by atoms with Crippen LogP contribution in [0.3, 0.4) is 0 Å². The van der Waals surface area contributed by atoms with Crippen molar-refractivity contribution < 1.29 is 14.6 Å². The van der Waals surface area contributed by atoms with Crippen LogP contribution in [0.15, 0.2) is 42.5 Å². The lowest BCUT2D eigenvalue weighted by atomic mass is 10.1. The molecule has 4 heteroatoms. The molecule has 112 valence electrons. The standard InChI is InChI=1S/C17H21NO3/c1-2-20-17-8-7-15(18)11-14(17)12-21-16-6-4-3-5-13(16)9-10-19/h3-8,11,19H,2,9-10,12,18H2,1H3. The highest BCUT2D eigenvalue weighted by Gasteiger charge is 2.07. The van der Waals surface area contributed by atoms with Gasteiger partial charge in [-0.3, -0.25) is 0 Å². The van der Waals surface area contributed by atoms with Crippen LogP contribution >= 0.6 is 0 Å². The average Bonchev–Trinajstić information content (AvgIpc) is 2.49. The monoisotopic (exact) mass is 287 g/mol. The Labute approximate surface area is 125 Å². The maximum Gasteiger partial charge on any atom is 0.126 e. The SMILES string of the molecule is CCOc1ccc(N)cc1COc1ccccc1CCO. The fourth-order valence-electron chi connectivity index (χ4n) is 2.14. The summed E-state index contributed by atoms with van der Waals surface area (Å²) in [6, 6.07) is 13.2. The Bertz CT molecular complexity index is 584. The van der Waals surface area contributed by atoms with E-state index < -0.39 is 0 Å². The molecular weight excluding hydrogens is 266 g/mol. The van der Waals surface area contributed by atoms with Gasteiger partial charge in [-0.05, 0) is 43.2 Å². The molecule has 0 spiro atoms. The van der Waals surface area contributed by atoms with Gasteiger partial charge in [-0.2, -0.15) is 0 Å². The summed E-state index contributed by atoms with van der Waals surface area (Å²) in [6.07, 6.45) is 0.575. The molecule has 0 aliphatic heterocycles. The van der Waals surface area contributed by atoms with Crippen LogP contribution in [0.25, 0.3) is 0 Å². The summed E-state index contributed by atoms with van der Waals surface area (Å²) in [6.45, 7) is 3.02. The molecule has 0 saturated carbocycles. The molecule has 2 rings (SSSR count). The first-order valence-electron chi connectivity index (χ1n) is 7.07. The highest BCUT2D eigenvalue weighted by Crippen LogP contribution is 2.25. The molecule has 0 aliphatic rings. The fourth-order valence-corrected chi connectivity index (χ4v) is 2.14. The topological polar surface area (TPSA) is 64.7 Å². The molecule has 21 heavy (non-hydrogen) atoms. The van der Waals surface area contributed by atoms with E-state index in [4.69, 9.17) is 20.3 Å². The van der Waals surface area contributed by atoms with E-state index in [-0.39, 0.29) is 6.61 Å². The van der Waals surface area contributed by atoms with Gasteiger partial charge in [-0.1, -0.05) is 18.2 Å². The molecule has 0 radical (unpaired) electrons. The summed E-state index contributed by atoms with van der Waals surface area (Å²) in [7, 11) is 0. The van der Waals surface area contributed by atoms with Crippen molar-refractivity contribution in [3.63, 3.8) is 0 Å². The summed E-state index contributed by atoms with van der Waals surface area (Å²) in [4.78, 5) is 0. The number of rotatable bonds is 7. The molecule has 3 N–H and O–H groups in total. The van der Waals surface area contributed by atoms with Crippen molar-refractivity contribution in [3.05, 3.63) is 53.6 Å². The summed E-state index contributed by atoms with van der Waals surface area (Å²) in [5.74, 6) is 1.56. The van der Waals surface area contributed by atoms with Crippen molar-refractivity contribution in [1.82, 2.24) is 0 Å². The number of para-hydroxylation sites is 1. The summed E-state index contributed by atoms with van der Waals surface area (Å²) >= 11 is 0. The first kappa shape index (κ1) is 15.2. The Hall–Kier alpha value is -2.20. The third-order valence-electron chi connectivity index (χ3n) is 3.12. The number of aliphatic hydroxyl groups excluding tert-OH is 1. The van der Waals surface area contributed by atoms with Crippen LogP contribution in [0.2, 0.25) is 0 Å². The Morgan fingerprint density at radius 1 is 1.00 bits per heavy atom. The van der Waals surface area contributed by atoms with Crippen LogP contribution in [-0.2, 0) is 13.0 Å². The van der Waals surface area contributed by atoms with Crippen molar-refractivity contribution in [2.45, 2.75) is 20.0 Å². The van der Waals surface area contributed by atoms with E-state index in [0.717, 1.165) is 22.6 Å². The minimum atomic E-state index is 0.100. The van der Waals surface area contributed by atoms with E-state index in [9.17, 15) is 0 Å². The van der Waals surface area contributed by atoms with Crippen LogP contribution in [0.4, 0.5) is 5.69 Å². The summed E-state index contributed by atoms with van der Waals surface area (Å²) in [5.41, 5.74) is 8.41. The first-order valence-corrected chi connectivity index (χ1v) is 7.07. The van der Waals surface area contributed by atoms with Crippen molar-refractivity contribution >= 4 is 5.69 Å². The van der Waals surface area contributed by atoms with E-state index in [1.54, 1.807) is 0 Å². The molecule has 0 heterocycles. The molecule has 4 nitrogen and oxygen atoms in total. The Kier molecular flexibility index (Phi) is 5.46. The van der Waals surface area contributed by atoms with Crippen LogP contribution in [0.1, 0.15) is 18.1 Å². The molecule has 0 fully saturated rings. The second-order valence-electron chi connectivity index (χ2n) is 4.67. The van der Waals surface area contributed by atoms with Crippen LogP contribution in [0, 0.1) is 0 Å². The van der Waals surface area contributed by atoms with E-state index >= 15 is 0 Å². The van der Waals surface area contributed by atoms with E-state index in [2.05, 4.69) is 0 Å². The normalized spacial score (nSPS) is 10.4. The first-order chi connectivity index (χ1) is 10.2. The predicted octanol–water partition coefficient (Wildman–Crippen LogP) is 2.78. The van der Waals surface area contributed by atoms with Crippen molar-refractivity contribution in [3.8, 4) is 11.5 Å². The van der Waals surface area contributed by atoms with Gasteiger partial charge in [-0.15, -0.1) is 0 Å². The van der Waals surface area contributed by atoms with Crippen LogP contribution in [0.5, 0.6) is 11.5 Å². The number of aliphatic hydroxyl groups is 1. The molecule has 0 aromatic heterocycles. The highest BCUT2D eigenvalue weighted by molar-refractivity contribution is 5.48. The molecule has 0 bridgehead atoms. The second-order valence-corrected chi connectivity index (χ2v) is 4.67. The van der Waals surface area contributed by atoms with Gasteiger partial charge in [0.2, 0.25) is 0 Å². The maximum absolute atomic E-state index is 9.09. The Morgan fingerprint density at radius 3 is 2.52 bits per heavy atom. The molecule has 0 amide bonds. The number of anilines is 1. The van der Waals surface area contributed by atoms with Gasteiger partial charge in [0.25, 0.3) is 0 Å². The smallest absolute Gasteiger partial charge is 0.126 e. The molecular formula is C17H21NO3. The minimum absolute atomic E-state index is 0.100. The zero-order chi connectivity index (χ0) is 15.1. The largest absolute Gasteiger partial charge is 0.493 e. The highest BCUT2D eigenvalue weighted by atomic mass is 16.5. The number of hydrogen-bond donors (Lipinski definition) is 2. The molecule has 0 atom stereocenters. The summed E-state index contributed by atoms with van der Waals surface area (Å²) < 4.78 is 11.5. The molecule has 2 aromatic carbocycles. The second kappa shape index (κ2) is 7.55. The van der Waals surface area contributed by atoms with Gasteiger partial charge in [0, 0.05) is 17.9 Å². The minimum Gasteiger partial charge on any atom is -0.493 e. The third-order valence-corrected chi connectivity index (χ3v) is 3.12. The zero-order valence-electron chi connectivity index (χ0n) is 12.2. The lowest BCUT2D eigenvalue weighted by Crippen LogP contribution is -2.04. The van der Waals surface area contributed by atoms with Crippen molar-refractivity contribution in [2.75, 3.05) is 18.9 Å². The van der Waals surface area contributed by atoms with Gasteiger partial charge in [-0.25, -0.2) is 0 Å². The molecule has 0 aliphatic carbocycles. The van der Waals surface area contributed by atoms with E-state index in [0.29, 0.717) is 25.3 Å². The van der Waals surface area contributed by atoms with Gasteiger partial charge in [0.15, 0.2) is 0 Å². The van der Waals surface area contributed by atoms with Gasteiger partial charge in [0.1, 0.15) is 18.1 Å².